The van der Waals surface area contributed by atoms with E-state index in [1.807, 2.05) is 29.2 Å². The molecule has 6 nitrogen and oxygen atoms in total. The first-order valence-electron chi connectivity index (χ1n) is 12.2. The number of fused-ring (bicyclic) bond motifs is 1. The molecule has 184 valence electrons. The minimum atomic E-state index is -0.236. The van der Waals surface area contributed by atoms with Crippen molar-refractivity contribution >= 4 is 23.6 Å². The van der Waals surface area contributed by atoms with Gasteiger partial charge in [-0.1, -0.05) is 23.4 Å². The van der Waals surface area contributed by atoms with Gasteiger partial charge in [-0.2, -0.15) is 11.8 Å². The topological polar surface area (TPSA) is 66.7 Å². The van der Waals surface area contributed by atoms with Gasteiger partial charge in [0.15, 0.2) is 0 Å². The number of aromatic nitrogens is 1. The summed E-state index contributed by atoms with van der Waals surface area (Å²) >= 11 is 1.65. The molecule has 4 rings (SSSR count). The Morgan fingerprint density at radius 2 is 1.97 bits per heavy atom. The number of carbonyl (C=O) groups excluding carboxylic acids is 2. The molecule has 1 aliphatic heterocycles. The maximum atomic E-state index is 14.5. The second kappa shape index (κ2) is 11.4. The van der Waals surface area contributed by atoms with Crippen LogP contribution in [0, 0.1) is 11.7 Å². The number of piperidine rings is 1. The van der Waals surface area contributed by atoms with Crippen molar-refractivity contribution in [2.45, 2.75) is 57.4 Å². The minimum absolute atomic E-state index is 0.0795. The number of amides is 2. The summed E-state index contributed by atoms with van der Waals surface area (Å²) in [5, 5.41) is 4.13. The molecule has 1 atom stereocenters. The number of benzene rings is 1. The Balaban J connectivity index is 1.45. The molecule has 1 fully saturated rings. The second-order valence-corrected chi connectivity index (χ2v) is 10.4. The number of rotatable bonds is 8. The van der Waals surface area contributed by atoms with Crippen LogP contribution < -0.4 is 0 Å². The predicted octanol–water partition coefficient (Wildman–Crippen LogP) is 4.37. The highest BCUT2D eigenvalue weighted by molar-refractivity contribution is 7.98. The predicted molar refractivity (Wildman–Crippen MR) is 131 cm³/mol. The Bertz CT molecular complexity index is 1000. The Kier molecular flexibility index (Phi) is 8.29. The van der Waals surface area contributed by atoms with Gasteiger partial charge in [-0.25, -0.2) is 4.39 Å². The highest BCUT2D eigenvalue weighted by Gasteiger charge is 2.35. The van der Waals surface area contributed by atoms with E-state index in [0.29, 0.717) is 37.3 Å². The van der Waals surface area contributed by atoms with Gasteiger partial charge >= 0.3 is 0 Å². The van der Waals surface area contributed by atoms with Gasteiger partial charge in [0.25, 0.3) is 5.91 Å². The zero-order valence-corrected chi connectivity index (χ0v) is 20.9. The summed E-state index contributed by atoms with van der Waals surface area (Å²) < 4.78 is 19.9. The average molecular weight is 488 g/mol. The number of aryl methyl sites for hydroxylation is 1. The molecule has 0 radical (unpaired) electrons. The molecule has 1 aliphatic carbocycles. The maximum absolute atomic E-state index is 14.5. The Morgan fingerprint density at radius 3 is 2.71 bits per heavy atom. The van der Waals surface area contributed by atoms with Gasteiger partial charge in [0.2, 0.25) is 11.7 Å². The summed E-state index contributed by atoms with van der Waals surface area (Å²) in [5.41, 5.74) is 2.54. The van der Waals surface area contributed by atoms with Gasteiger partial charge in [0.1, 0.15) is 5.82 Å². The Hall–Kier alpha value is -2.35. The van der Waals surface area contributed by atoms with E-state index in [9.17, 15) is 14.0 Å². The van der Waals surface area contributed by atoms with Crippen LogP contribution in [0.5, 0.6) is 0 Å². The van der Waals surface area contributed by atoms with Crippen LogP contribution in [0.1, 0.15) is 59.5 Å². The zero-order valence-electron chi connectivity index (χ0n) is 20.1. The van der Waals surface area contributed by atoms with Gasteiger partial charge < -0.3 is 14.3 Å². The van der Waals surface area contributed by atoms with E-state index >= 15 is 0 Å². The number of likely N-dealkylation sites (tertiary alicyclic amines) is 1. The first kappa shape index (κ1) is 24.8. The molecule has 0 saturated carbocycles. The van der Waals surface area contributed by atoms with Crippen molar-refractivity contribution in [2.24, 2.45) is 5.92 Å². The van der Waals surface area contributed by atoms with E-state index in [2.05, 4.69) is 5.16 Å². The van der Waals surface area contributed by atoms with Crippen LogP contribution in [-0.2, 0) is 24.1 Å². The van der Waals surface area contributed by atoms with Gasteiger partial charge in [0, 0.05) is 43.9 Å². The van der Waals surface area contributed by atoms with Crippen molar-refractivity contribution in [1.29, 1.82) is 0 Å². The van der Waals surface area contributed by atoms with Gasteiger partial charge in [-0.15, -0.1) is 0 Å². The van der Waals surface area contributed by atoms with Crippen molar-refractivity contribution in [1.82, 2.24) is 15.0 Å². The molecule has 0 bridgehead atoms. The van der Waals surface area contributed by atoms with Crippen LogP contribution >= 0.6 is 11.8 Å². The lowest BCUT2D eigenvalue weighted by Gasteiger charge is -2.40. The van der Waals surface area contributed by atoms with Crippen LogP contribution in [-0.4, -0.2) is 65.0 Å². The minimum Gasteiger partial charge on any atom is -0.350 e. The largest absolute Gasteiger partial charge is 0.350 e. The molecule has 0 spiro atoms. The third-order valence-electron chi connectivity index (χ3n) is 7.32. The third-order valence-corrected chi connectivity index (χ3v) is 7.94. The van der Waals surface area contributed by atoms with Gasteiger partial charge in [-0.3, -0.25) is 9.59 Å². The zero-order chi connectivity index (χ0) is 24.1. The number of nitrogens with zero attached hydrogens (tertiary/aromatic N) is 3. The number of halogens is 1. The molecule has 1 unspecified atom stereocenters. The van der Waals surface area contributed by atoms with Crippen molar-refractivity contribution < 1.29 is 18.5 Å². The number of hydrogen-bond acceptors (Lipinski definition) is 5. The molecule has 34 heavy (non-hydrogen) atoms. The average Bonchev–Trinajstić information content (AvgIpc) is 3.30. The lowest BCUT2D eigenvalue weighted by molar-refractivity contribution is -0.133. The normalized spacial score (nSPS) is 17.3. The molecular formula is C26H34FN3O3S. The number of likely N-dealkylation sites (N-methyl/N-ethyl adjacent to an activating group) is 1. The maximum Gasteiger partial charge on any atom is 0.292 e. The second-order valence-electron chi connectivity index (χ2n) is 9.38. The molecule has 8 heteroatoms. The lowest BCUT2D eigenvalue weighted by Crippen LogP contribution is -2.48. The van der Waals surface area contributed by atoms with Crippen LogP contribution in [0.4, 0.5) is 4.39 Å². The first-order valence-corrected chi connectivity index (χ1v) is 13.6. The highest BCUT2D eigenvalue weighted by Crippen LogP contribution is 2.30. The van der Waals surface area contributed by atoms with Crippen molar-refractivity contribution in [3.05, 3.63) is 52.7 Å². The van der Waals surface area contributed by atoms with Crippen molar-refractivity contribution in [3.8, 4) is 0 Å². The van der Waals surface area contributed by atoms with Crippen LogP contribution in [0.2, 0.25) is 0 Å². The number of hydrogen-bond donors (Lipinski definition) is 0. The fraction of sp³-hybridized carbons (Fsp3) is 0.577. The first-order chi connectivity index (χ1) is 16.5. The van der Waals surface area contributed by atoms with Crippen molar-refractivity contribution in [3.63, 3.8) is 0 Å². The summed E-state index contributed by atoms with van der Waals surface area (Å²) in [6.45, 7) is 1.19. The number of thioether (sulfide) groups is 1. The van der Waals surface area contributed by atoms with E-state index in [1.54, 1.807) is 23.9 Å². The van der Waals surface area contributed by atoms with Crippen LogP contribution in [0.25, 0.3) is 0 Å². The SMILES string of the molecule is CSCCC(=O)N(C)C(Cc1ccccc1F)C1CCN(C(=O)c2onc3c2CCCC3)CC1. The van der Waals surface area contributed by atoms with E-state index in [0.717, 1.165) is 55.5 Å². The lowest BCUT2D eigenvalue weighted by atomic mass is 9.84. The summed E-state index contributed by atoms with van der Waals surface area (Å²) in [5.74, 6) is 1.13. The molecule has 2 aliphatic rings. The molecule has 2 amide bonds. The monoisotopic (exact) mass is 487 g/mol. The van der Waals surface area contributed by atoms with E-state index in [1.165, 1.54) is 6.07 Å². The summed E-state index contributed by atoms with van der Waals surface area (Å²) in [7, 11) is 1.84. The highest BCUT2D eigenvalue weighted by atomic mass is 32.2. The van der Waals surface area contributed by atoms with E-state index < -0.39 is 0 Å². The summed E-state index contributed by atoms with van der Waals surface area (Å²) in [6, 6.07) is 6.69. The van der Waals surface area contributed by atoms with E-state index in [-0.39, 0.29) is 29.6 Å². The van der Waals surface area contributed by atoms with Crippen molar-refractivity contribution in [2.75, 3.05) is 32.1 Å². The molecule has 0 N–H and O–H groups in total. The standard InChI is InChI=1S/C26H34FN3O3S/c1-29(24(31)13-16-34-2)23(17-19-7-3-5-9-21(19)27)18-11-14-30(15-12-18)26(32)25-20-8-4-6-10-22(20)28-33-25/h3,5,7,9,18,23H,4,6,8,10-17H2,1-2H3. The molecule has 1 aromatic heterocycles. The Labute approximate surface area is 205 Å². The molecule has 2 aromatic rings. The number of carbonyl (C=O) groups is 2. The molecule has 1 saturated heterocycles. The smallest absolute Gasteiger partial charge is 0.292 e. The van der Waals surface area contributed by atoms with Gasteiger partial charge in [0.05, 0.1) is 5.69 Å². The van der Waals surface area contributed by atoms with Crippen LogP contribution in [0.3, 0.4) is 0 Å². The van der Waals surface area contributed by atoms with Crippen LogP contribution in [0.15, 0.2) is 28.8 Å². The fourth-order valence-electron chi connectivity index (χ4n) is 5.25. The molecule has 1 aromatic carbocycles. The molecule has 2 heterocycles. The fourth-order valence-corrected chi connectivity index (χ4v) is 5.63. The van der Waals surface area contributed by atoms with E-state index in [4.69, 9.17) is 4.52 Å². The summed E-state index contributed by atoms with van der Waals surface area (Å²) in [6.07, 6.45) is 8.34. The van der Waals surface area contributed by atoms with Gasteiger partial charge in [-0.05, 0) is 68.7 Å². The molecular weight excluding hydrogens is 453 g/mol. The Morgan fingerprint density at radius 1 is 1.24 bits per heavy atom. The quantitative estimate of drug-likeness (QED) is 0.553. The third kappa shape index (κ3) is 5.48. The summed E-state index contributed by atoms with van der Waals surface area (Å²) in [4.78, 5) is 29.7.